The average molecular weight is 316 g/mol. The quantitative estimate of drug-likeness (QED) is 0.487. The van der Waals surface area contributed by atoms with Crippen LogP contribution in [-0.4, -0.2) is 23.8 Å². The number of ether oxygens (including phenoxy) is 3. The lowest BCUT2D eigenvalue weighted by molar-refractivity contribution is -0.222. The van der Waals surface area contributed by atoms with E-state index in [1.54, 1.807) is 6.07 Å². The van der Waals surface area contributed by atoms with Crippen LogP contribution in [0.4, 0.5) is 0 Å². The van der Waals surface area contributed by atoms with Crippen molar-refractivity contribution in [1.82, 2.24) is 0 Å². The molecule has 1 aliphatic carbocycles. The molecule has 1 heterocycles. The molecule has 122 valence electrons. The van der Waals surface area contributed by atoms with Crippen molar-refractivity contribution >= 4 is 18.0 Å². The number of esters is 2. The summed E-state index contributed by atoms with van der Waals surface area (Å²) in [5.41, 5.74) is 0.589. The largest absolute Gasteiger partial charge is 0.490 e. The van der Waals surface area contributed by atoms with Crippen LogP contribution in [0.3, 0.4) is 0 Å². The highest BCUT2D eigenvalue weighted by Gasteiger charge is 2.38. The lowest BCUT2D eigenvalue weighted by Crippen LogP contribution is -2.41. The molecule has 1 saturated heterocycles. The first-order chi connectivity index (χ1) is 10.9. The second-order valence-electron chi connectivity index (χ2n) is 6.33. The highest BCUT2D eigenvalue weighted by atomic mass is 16.7. The number of carbonyl (C=O) groups is 2. The van der Waals surface area contributed by atoms with E-state index in [2.05, 4.69) is 0 Å². The van der Waals surface area contributed by atoms with E-state index in [0.29, 0.717) is 5.56 Å². The van der Waals surface area contributed by atoms with Gasteiger partial charge in [0.25, 0.3) is 5.79 Å². The highest BCUT2D eigenvalue weighted by Crippen LogP contribution is 2.27. The van der Waals surface area contributed by atoms with Crippen molar-refractivity contribution in [3.63, 3.8) is 0 Å². The second kappa shape index (κ2) is 6.07. The van der Waals surface area contributed by atoms with Crippen molar-refractivity contribution in [2.75, 3.05) is 0 Å². The molecule has 0 bridgehead atoms. The van der Waals surface area contributed by atoms with Crippen molar-refractivity contribution in [2.24, 2.45) is 0 Å². The fourth-order valence-corrected chi connectivity index (χ4v) is 2.82. The molecular weight excluding hydrogens is 296 g/mol. The third kappa shape index (κ3) is 3.73. The van der Waals surface area contributed by atoms with Crippen LogP contribution in [0.5, 0.6) is 5.75 Å². The van der Waals surface area contributed by atoms with E-state index in [-0.39, 0.29) is 11.7 Å². The molecule has 5 nitrogen and oxygen atoms in total. The zero-order valence-corrected chi connectivity index (χ0v) is 13.3. The van der Waals surface area contributed by atoms with Gasteiger partial charge in [-0.1, -0.05) is 12.1 Å². The number of carbonyl (C=O) groups excluding carboxylic acids is 2. The third-order valence-corrected chi connectivity index (χ3v) is 3.89. The van der Waals surface area contributed by atoms with Gasteiger partial charge in [-0.25, -0.2) is 9.59 Å². The van der Waals surface area contributed by atoms with E-state index in [1.807, 2.05) is 18.2 Å². The predicted octanol–water partition coefficient (Wildman–Crippen LogP) is 3.23. The molecule has 2 aliphatic rings. The van der Waals surface area contributed by atoms with Gasteiger partial charge >= 0.3 is 11.9 Å². The zero-order valence-electron chi connectivity index (χ0n) is 13.3. The summed E-state index contributed by atoms with van der Waals surface area (Å²) >= 11 is 0. The Hall–Kier alpha value is -2.30. The van der Waals surface area contributed by atoms with Crippen LogP contribution in [0, 0.1) is 0 Å². The first kappa shape index (κ1) is 15.6. The van der Waals surface area contributed by atoms with Crippen molar-refractivity contribution in [2.45, 2.75) is 51.4 Å². The fraction of sp³-hybridized carbons (Fsp3) is 0.444. The summed E-state index contributed by atoms with van der Waals surface area (Å²) < 4.78 is 16.1. The van der Waals surface area contributed by atoms with Gasteiger partial charge in [-0.15, -0.1) is 0 Å². The molecule has 1 aliphatic heterocycles. The Balaban J connectivity index is 1.79. The smallest absolute Gasteiger partial charge is 0.348 e. The first-order valence-electron chi connectivity index (χ1n) is 7.88. The fourth-order valence-electron chi connectivity index (χ4n) is 2.82. The summed E-state index contributed by atoms with van der Waals surface area (Å²) in [6, 6.07) is 7.32. The van der Waals surface area contributed by atoms with Gasteiger partial charge in [-0.3, -0.25) is 0 Å². The maximum atomic E-state index is 12.0. The minimum Gasteiger partial charge on any atom is -0.490 e. The molecule has 1 aromatic rings. The van der Waals surface area contributed by atoms with Crippen molar-refractivity contribution in [3.05, 3.63) is 35.4 Å². The molecule has 0 unspecified atom stereocenters. The van der Waals surface area contributed by atoms with Crippen LogP contribution < -0.4 is 4.74 Å². The van der Waals surface area contributed by atoms with Crippen LogP contribution in [0.2, 0.25) is 0 Å². The minimum atomic E-state index is -1.22. The van der Waals surface area contributed by atoms with Crippen LogP contribution in [0.25, 0.3) is 6.08 Å². The molecule has 1 aromatic carbocycles. The van der Waals surface area contributed by atoms with E-state index >= 15 is 0 Å². The van der Waals surface area contributed by atoms with E-state index in [0.717, 1.165) is 18.6 Å². The van der Waals surface area contributed by atoms with Crippen molar-refractivity contribution in [3.8, 4) is 5.75 Å². The van der Waals surface area contributed by atoms with Crippen molar-refractivity contribution in [1.29, 1.82) is 0 Å². The third-order valence-electron chi connectivity index (χ3n) is 3.89. The Bertz CT molecular complexity index is 631. The van der Waals surface area contributed by atoms with Crippen LogP contribution in [0.1, 0.15) is 45.1 Å². The van der Waals surface area contributed by atoms with E-state index < -0.39 is 17.7 Å². The molecular formula is C18H20O5. The number of hydrogen-bond donors (Lipinski definition) is 0. The monoisotopic (exact) mass is 316 g/mol. The Morgan fingerprint density at radius 3 is 2.43 bits per heavy atom. The van der Waals surface area contributed by atoms with Gasteiger partial charge in [0.2, 0.25) is 0 Å². The highest BCUT2D eigenvalue weighted by molar-refractivity contribution is 6.18. The molecule has 0 atom stereocenters. The lowest BCUT2D eigenvalue weighted by atomic mass is 10.1. The van der Waals surface area contributed by atoms with Gasteiger partial charge in [0, 0.05) is 13.8 Å². The topological polar surface area (TPSA) is 61.8 Å². The van der Waals surface area contributed by atoms with Gasteiger partial charge in [0.15, 0.2) is 0 Å². The Labute approximate surface area is 135 Å². The molecule has 5 heteroatoms. The summed E-state index contributed by atoms with van der Waals surface area (Å²) in [7, 11) is 0. The molecule has 0 spiro atoms. The standard InChI is InChI=1S/C18H20O5/c1-18(2)22-16(19)15(17(20)23-18)11-12-6-5-9-14(10-12)21-13-7-3-4-8-13/h5-6,9-11,13H,3-4,7-8H2,1-2H3. The Kier molecular flexibility index (Phi) is 4.11. The van der Waals surface area contributed by atoms with Crippen LogP contribution in [-0.2, 0) is 19.1 Å². The van der Waals surface area contributed by atoms with Gasteiger partial charge in [0.05, 0.1) is 6.10 Å². The molecule has 0 radical (unpaired) electrons. The maximum absolute atomic E-state index is 12.0. The number of benzene rings is 1. The van der Waals surface area contributed by atoms with Gasteiger partial charge in [-0.05, 0) is 49.5 Å². The molecule has 0 amide bonds. The van der Waals surface area contributed by atoms with Crippen LogP contribution >= 0.6 is 0 Å². The zero-order chi connectivity index (χ0) is 16.4. The average Bonchev–Trinajstić information content (AvgIpc) is 2.95. The Morgan fingerprint density at radius 2 is 1.78 bits per heavy atom. The predicted molar refractivity (Wildman–Crippen MR) is 83.6 cm³/mol. The molecule has 0 aromatic heterocycles. The van der Waals surface area contributed by atoms with E-state index in [1.165, 1.54) is 32.8 Å². The summed E-state index contributed by atoms with van der Waals surface area (Å²) in [6.45, 7) is 3.05. The number of hydrogen-bond acceptors (Lipinski definition) is 5. The number of cyclic esters (lactones) is 2. The molecule has 1 saturated carbocycles. The van der Waals surface area contributed by atoms with E-state index in [9.17, 15) is 9.59 Å². The van der Waals surface area contributed by atoms with Gasteiger partial charge in [0.1, 0.15) is 11.3 Å². The lowest BCUT2D eigenvalue weighted by Gasteiger charge is -2.29. The first-order valence-corrected chi connectivity index (χ1v) is 7.88. The normalized spacial score (nSPS) is 20.9. The summed E-state index contributed by atoms with van der Waals surface area (Å²) in [4.78, 5) is 23.9. The minimum absolute atomic E-state index is 0.109. The summed E-state index contributed by atoms with van der Waals surface area (Å²) in [5.74, 6) is -1.83. The second-order valence-corrected chi connectivity index (χ2v) is 6.33. The van der Waals surface area contributed by atoms with Crippen LogP contribution in [0.15, 0.2) is 29.8 Å². The summed E-state index contributed by atoms with van der Waals surface area (Å²) in [5, 5.41) is 0. The van der Waals surface area contributed by atoms with E-state index in [4.69, 9.17) is 14.2 Å². The molecule has 0 N–H and O–H groups in total. The maximum Gasteiger partial charge on any atom is 0.348 e. The summed E-state index contributed by atoms with van der Waals surface area (Å²) in [6.07, 6.45) is 6.26. The molecule has 2 fully saturated rings. The Morgan fingerprint density at radius 1 is 1.13 bits per heavy atom. The van der Waals surface area contributed by atoms with Gasteiger partial charge in [-0.2, -0.15) is 0 Å². The molecule has 3 rings (SSSR count). The SMILES string of the molecule is CC1(C)OC(=O)C(=Cc2cccc(OC3CCCC3)c2)C(=O)O1. The van der Waals surface area contributed by atoms with Gasteiger partial charge < -0.3 is 14.2 Å². The van der Waals surface area contributed by atoms with Crippen molar-refractivity contribution < 1.29 is 23.8 Å². The number of rotatable bonds is 3. The molecule has 23 heavy (non-hydrogen) atoms.